The number of rotatable bonds is 5. The smallest absolute Gasteiger partial charge is 0.0547 e. The Bertz CT molecular complexity index is 3950. The summed E-state index contributed by atoms with van der Waals surface area (Å²) in [7, 11) is 0. The maximum absolute atomic E-state index is 2.51. The molecule has 13 aromatic rings. The zero-order chi connectivity index (χ0) is 44.4. The van der Waals surface area contributed by atoms with Crippen molar-refractivity contribution in [2.75, 3.05) is 0 Å². The molecular formula is C65H44N2. The number of para-hydroxylation sites is 4. The first kappa shape index (κ1) is 37.9. The molecule has 2 aromatic heterocycles. The first-order valence-corrected chi connectivity index (χ1v) is 23.4. The number of fused-ring (bicyclic) bond motifs is 11. The number of nitrogens with zero attached hydrogens (tertiary/aromatic N) is 2. The van der Waals surface area contributed by atoms with E-state index >= 15 is 0 Å². The van der Waals surface area contributed by atoms with Crippen LogP contribution in [-0.4, -0.2) is 9.13 Å². The highest BCUT2D eigenvalue weighted by Crippen LogP contribution is 2.52. The summed E-state index contributed by atoms with van der Waals surface area (Å²) in [5.41, 5.74) is 19.8. The Hall–Kier alpha value is -8.46. The molecule has 0 aliphatic heterocycles. The van der Waals surface area contributed by atoms with E-state index in [4.69, 9.17) is 0 Å². The van der Waals surface area contributed by atoms with E-state index in [0.29, 0.717) is 0 Å². The van der Waals surface area contributed by atoms with Gasteiger partial charge in [0.15, 0.2) is 0 Å². The van der Waals surface area contributed by atoms with E-state index in [1.54, 1.807) is 0 Å². The zero-order valence-electron chi connectivity index (χ0n) is 37.3. The maximum Gasteiger partial charge on any atom is 0.0547 e. The Kier molecular flexibility index (Phi) is 8.06. The largest absolute Gasteiger partial charge is 0.309 e. The van der Waals surface area contributed by atoms with Crippen molar-refractivity contribution in [1.29, 1.82) is 0 Å². The standard InChI is InChI=1S/C65H44N2/c1-65(2)56-32-12-9-23-46(56)47-38-37-41(39-57(47)65)62-50-28-15-26-44(48-30-17-35-60-63(48)52-24-10-13-33-58(52)66(60)42-19-5-3-6-20-42)54(50)40-55-45(27-16-29-51(55)62)49-31-18-36-61-64(49)53-25-11-14-34-59(53)67(61)43-21-7-4-8-22-43/h3-40H,1-2H3. The van der Waals surface area contributed by atoms with Crippen molar-refractivity contribution in [3.8, 4) is 55.9 Å². The zero-order valence-corrected chi connectivity index (χ0v) is 37.3. The van der Waals surface area contributed by atoms with Gasteiger partial charge in [0.05, 0.1) is 22.1 Å². The molecule has 0 bridgehead atoms. The number of hydrogen-bond donors (Lipinski definition) is 0. The fraction of sp³-hybridized carbons (Fsp3) is 0.0462. The molecule has 0 fully saturated rings. The van der Waals surface area contributed by atoms with Crippen LogP contribution in [0.5, 0.6) is 0 Å². The SMILES string of the molecule is CC1(C)c2ccccc2-c2ccc(-c3c4cccc(-c5cccc6c5c5ccccc5n6-c5ccccc5)c4cc4c(-c5cccc6c5c5ccccc5n6-c5ccccc5)cccc34)cc21. The fourth-order valence-corrected chi connectivity index (χ4v) is 12.0. The highest BCUT2D eigenvalue weighted by molar-refractivity contribution is 6.25. The van der Waals surface area contributed by atoms with E-state index in [-0.39, 0.29) is 5.41 Å². The normalized spacial score (nSPS) is 13.0. The Balaban J connectivity index is 1.10. The van der Waals surface area contributed by atoms with Crippen molar-refractivity contribution in [2.24, 2.45) is 0 Å². The third kappa shape index (κ3) is 5.39. The van der Waals surface area contributed by atoms with Crippen molar-refractivity contribution in [2.45, 2.75) is 19.3 Å². The Morgan fingerprint density at radius 2 is 0.701 bits per heavy atom. The van der Waals surface area contributed by atoms with Gasteiger partial charge in [-0.15, -0.1) is 0 Å². The van der Waals surface area contributed by atoms with Crippen LogP contribution in [0.15, 0.2) is 231 Å². The topological polar surface area (TPSA) is 9.86 Å². The highest BCUT2D eigenvalue weighted by atomic mass is 15.0. The summed E-state index contributed by atoms with van der Waals surface area (Å²) in [6.45, 7) is 4.77. The number of hydrogen-bond acceptors (Lipinski definition) is 0. The number of benzene rings is 11. The maximum atomic E-state index is 2.51. The molecule has 0 unspecified atom stereocenters. The quantitative estimate of drug-likeness (QED) is 0.153. The molecule has 67 heavy (non-hydrogen) atoms. The molecule has 0 spiro atoms. The lowest BCUT2D eigenvalue weighted by atomic mass is 9.80. The molecule has 314 valence electrons. The molecule has 1 aliphatic carbocycles. The average Bonchev–Trinajstić information content (AvgIpc) is 3.99. The molecule has 0 atom stereocenters. The van der Waals surface area contributed by atoms with Crippen molar-refractivity contribution in [1.82, 2.24) is 9.13 Å². The summed E-state index contributed by atoms with van der Waals surface area (Å²) >= 11 is 0. The van der Waals surface area contributed by atoms with E-state index in [1.165, 1.54) is 121 Å². The molecule has 2 heteroatoms. The van der Waals surface area contributed by atoms with Crippen LogP contribution in [0.25, 0.3) is 121 Å². The van der Waals surface area contributed by atoms with Crippen LogP contribution in [0.2, 0.25) is 0 Å². The van der Waals surface area contributed by atoms with Gasteiger partial charge in [0, 0.05) is 38.3 Å². The lowest BCUT2D eigenvalue weighted by molar-refractivity contribution is 0.660. The second-order valence-electron chi connectivity index (χ2n) is 18.8. The van der Waals surface area contributed by atoms with Crippen LogP contribution in [0.4, 0.5) is 0 Å². The third-order valence-corrected chi connectivity index (χ3v) is 14.9. The van der Waals surface area contributed by atoms with E-state index in [1.807, 2.05) is 0 Å². The van der Waals surface area contributed by atoms with Gasteiger partial charge >= 0.3 is 0 Å². The molecule has 0 amide bonds. The molecule has 1 aliphatic rings. The van der Waals surface area contributed by atoms with Crippen LogP contribution in [0, 0.1) is 0 Å². The molecule has 2 heterocycles. The summed E-state index contributed by atoms with van der Waals surface area (Å²) in [5.74, 6) is 0. The molecule has 14 rings (SSSR count). The van der Waals surface area contributed by atoms with Gasteiger partial charge in [-0.05, 0) is 138 Å². The average molecular weight is 853 g/mol. The molecular weight excluding hydrogens is 809 g/mol. The fourth-order valence-electron chi connectivity index (χ4n) is 12.0. The minimum Gasteiger partial charge on any atom is -0.309 e. The summed E-state index contributed by atoms with van der Waals surface area (Å²) in [5, 5.41) is 10.00. The Labute approximate surface area is 389 Å². The molecule has 11 aromatic carbocycles. The van der Waals surface area contributed by atoms with Gasteiger partial charge in [-0.2, -0.15) is 0 Å². The van der Waals surface area contributed by atoms with Crippen LogP contribution in [0.1, 0.15) is 25.0 Å². The highest BCUT2D eigenvalue weighted by Gasteiger charge is 2.35. The Morgan fingerprint density at radius 1 is 0.284 bits per heavy atom. The summed E-state index contributed by atoms with van der Waals surface area (Å²) in [6.07, 6.45) is 0. The van der Waals surface area contributed by atoms with Gasteiger partial charge < -0.3 is 9.13 Å². The van der Waals surface area contributed by atoms with E-state index in [9.17, 15) is 0 Å². The second kappa shape index (κ2) is 14.3. The predicted molar refractivity (Wildman–Crippen MR) is 284 cm³/mol. The molecule has 0 saturated carbocycles. The minimum atomic E-state index is -0.135. The molecule has 0 saturated heterocycles. The molecule has 0 radical (unpaired) electrons. The lowest BCUT2D eigenvalue weighted by Gasteiger charge is -2.23. The van der Waals surface area contributed by atoms with Crippen LogP contribution in [-0.2, 0) is 5.41 Å². The van der Waals surface area contributed by atoms with Crippen molar-refractivity contribution < 1.29 is 0 Å². The molecule has 0 N–H and O–H groups in total. The summed E-state index contributed by atoms with van der Waals surface area (Å²) in [4.78, 5) is 0. The second-order valence-corrected chi connectivity index (χ2v) is 18.8. The van der Waals surface area contributed by atoms with Gasteiger partial charge in [-0.3, -0.25) is 0 Å². The van der Waals surface area contributed by atoms with Crippen LogP contribution in [0.3, 0.4) is 0 Å². The van der Waals surface area contributed by atoms with Gasteiger partial charge in [0.2, 0.25) is 0 Å². The Morgan fingerprint density at radius 3 is 1.27 bits per heavy atom. The number of aromatic nitrogens is 2. The van der Waals surface area contributed by atoms with Gasteiger partial charge in [-0.1, -0.05) is 184 Å². The van der Waals surface area contributed by atoms with Crippen LogP contribution >= 0.6 is 0 Å². The third-order valence-electron chi connectivity index (χ3n) is 14.9. The predicted octanol–water partition coefficient (Wildman–Crippen LogP) is 17.5. The van der Waals surface area contributed by atoms with Crippen molar-refractivity contribution in [3.05, 3.63) is 242 Å². The first-order valence-electron chi connectivity index (χ1n) is 23.4. The van der Waals surface area contributed by atoms with Gasteiger partial charge in [0.25, 0.3) is 0 Å². The van der Waals surface area contributed by atoms with Crippen LogP contribution < -0.4 is 0 Å². The van der Waals surface area contributed by atoms with Gasteiger partial charge in [-0.25, -0.2) is 0 Å². The van der Waals surface area contributed by atoms with E-state index < -0.39 is 0 Å². The lowest BCUT2D eigenvalue weighted by Crippen LogP contribution is -2.14. The van der Waals surface area contributed by atoms with Gasteiger partial charge in [0.1, 0.15) is 0 Å². The van der Waals surface area contributed by atoms with E-state index in [0.717, 1.165) is 11.4 Å². The van der Waals surface area contributed by atoms with E-state index in [2.05, 4.69) is 254 Å². The monoisotopic (exact) mass is 852 g/mol. The minimum absolute atomic E-state index is 0.135. The summed E-state index contributed by atoms with van der Waals surface area (Å²) in [6, 6.07) is 85.8. The molecule has 2 nitrogen and oxygen atoms in total. The first-order chi connectivity index (χ1) is 33.0. The van der Waals surface area contributed by atoms with Crippen molar-refractivity contribution >= 4 is 65.2 Å². The summed E-state index contributed by atoms with van der Waals surface area (Å²) < 4.78 is 4.85. The van der Waals surface area contributed by atoms with Crippen molar-refractivity contribution in [3.63, 3.8) is 0 Å².